The SMILES string of the molecule is COc1cc(OC)c([C@H]2C=C(C)[C@H]3C[C@H]2C3(C)C)c(OC)c1. The fourth-order valence-corrected chi connectivity index (χ4v) is 4.50. The normalized spacial score (nSPS) is 28.5. The topological polar surface area (TPSA) is 27.7 Å². The average molecular weight is 302 g/mol. The fourth-order valence-electron chi connectivity index (χ4n) is 4.50. The summed E-state index contributed by atoms with van der Waals surface area (Å²) in [5.41, 5.74) is 3.00. The third-order valence-corrected chi connectivity index (χ3v) is 5.86. The van der Waals surface area contributed by atoms with E-state index < -0.39 is 0 Å². The van der Waals surface area contributed by atoms with Crippen LogP contribution in [-0.2, 0) is 0 Å². The lowest BCUT2D eigenvalue weighted by Gasteiger charge is -2.59. The maximum Gasteiger partial charge on any atom is 0.130 e. The summed E-state index contributed by atoms with van der Waals surface area (Å²) in [4.78, 5) is 0. The lowest BCUT2D eigenvalue weighted by molar-refractivity contribution is -0.0198. The standard InChI is InChI=1S/C19H26O3/c1-11-7-13(15-10-14(11)19(15,2)3)18-16(21-5)8-12(20-4)9-17(18)22-6/h7-9,13-15H,10H2,1-6H3/t13-,14+,15+/m0/s1. The van der Waals surface area contributed by atoms with Crippen molar-refractivity contribution in [3.8, 4) is 17.2 Å². The van der Waals surface area contributed by atoms with Gasteiger partial charge in [-0.3, -0.25) is 0 Å². The van der Waals surface area contributed by atoms with Crippen LogP contribution in [0.2, 0.25) is 0 Å². The van der Waals surface area contributed by atoms with Crippen molar-refractivity contribution in [3.63, 3.8) is 0 Å². The van der Waals surface area contributed by atoms with Crippen LogP contribution in [-0.4, -0.2) is 21.3 Å². The molecule has 0 spiro atoms. The zero-order chi connectivity index (χ0) is 16.1. The van der Waals surface area contributed by atoms with Crippen molar-refractivity contribution in [2.24, 2.45) is 17.3 Å². The molecule has 1 saturated carbocycles. The number of methoxy groups -OCH3 is 3. The van der Waals surface area contributed by atoms with Crippen LogP contribution in [0.3, 0.4) is 0 Å². The van der Waals surface area contributed by atoms with Gasteiger partial charge >= 0.3 is 0 Å². The summed E-state index contributed by atoms with van der Waals surface area (Å²) in [6.45, 7) is 7.03. The predicted octanol–water partition coefficient (Wildman–Crippen LogP) is 4.42. The van der Waals surface area contributed by atoms with Gasteiger partial charge in [-0.2, -0.15) is 0 Å². The van der Waals surface area contributed by atoms with Gasteiger partial charge in [-0.15, -0.1) is 0 Å². The summed E-state index contributed by atoms with van der Waals surface area (Å²) < 4.78 is 16.7. The molecule has 3 nitrogen and oxygen atoms in total. The van der Waals surface area contributed by atoms with E-state index in [9.17, 15) is 0 Å². The molecule has 1 aromatic carbocycles. The third-order valence-electron chi connectivity index (χ3n) is 5.86. The minimum atomic E-state index is 0.343. The molecule has 0 radical (unpaired) electrons. The quantitative estimate of drug-likeness (QED) is 0.771. The molecule has 2 bridgehead atoms. The second-order valence-corrected chi connectivity index (χ2v) is 7.10. The summed E-state index contributed by atoms with van der Waals surface area (Å²) in [5.74, 6) is 4.18. The van der Waals surface area contributed by atoms with E-state index in [0.717, 1.165) is 28.7 Å². The first-order valence-corrected chi connectivity index (χ1v) is 7.92. The van der Waals surface area contributed by atoms with Crippen molar-refractivity contribution in [1.29, 1.82) is 0 Å². The van der Waals surface area contributed by atoms with Crippen molar-refractivity contribution in [1.82, 2.24) is 0 Å². The van der Waals surface area contributed by atoms with Gasteiger partial charge in [-0.05, 0) is 30.6 Å². The molecule has 0 heterocycles. The molecule has 0 amide bonds. The summed E-state index contributed by atoms with van der Waals surface area (Å²) in [7, 11) is 5.09. The van der Waals surface area contributed by atoms with Crippen LogP contribution < -0.4 is 14.2 Å². The molecule has 0 aliphatic heterocycles. The van der Waals surface area contributed by atoms with Crippen molar-refractivity contribution < 1.29 is 14.2 Å². The molecule has 1 aromatic rings. The number of rotatable bonds is 4. The van der Waals surface area contributed by atoms with Gasteiger partial charge in [-0.1, -0.05) is 25.5 Å². The number of fused-ring (bicyclic) bond motifs is 1. The lowest BCUT2D eigenvalue weighted by atomic mass is 9.45. The van der Waals surface area contributed by atoms with Gasteiger partial charge in [0.15, 0.2) is 0 Å². The van der Waals surface area contributed by atoms with Crippen LogP contribution in [0.4, 0.5) is 0 Å². The highest BCUT2D eigenvalue weighted by molar-refractivity contribution is 5.55. The zero-order valence-electron chi connectivity index (χ0n) is 14.4. The molecular weight excluding hydrogens is 276 g/mol. The maximum absolute atomic E-state index is 5.66. The van der Waals surface area contributed by atoms with Crippen LogP contribution in [0.5, 0.6) is 17.2 Å². The van der Waals surface area contributed by atoms with Crippen molar-refractivity contribution in [2.45, 2.75) is 33.1 Å². The fraction of sp³-hybridized carbons (Fsp3) is 0.579. The summed E-state index contributed by atoms with van der Waals surface area (Å²) >= 11 is 0. The van der Waals surface area contributed by atoms with E-state index in [1.54, 1.807) is 21.3 Å². The number of hydrogen-bond donors (Lipinski definition) is 0. The second-order valence-electron chi connectivity index (χ2n) is 7.10. The average Bonchev–Trinajstić information content (AvgIpc) is 2.52. The minimum absolute atomic E-state index is 0.343. The Balaban J connectivity index is 2.14. The monoisotopic (exact) mass is 302 g/mol. The van der Waals surface area contributed by atoms with E-state index in [0.29, 0.717) is 17.3 Å². The van der Waals surface area contributed by atoms with Crippen molar-refractivity contribution in [3.05, 3.63) is 29.3 Å². The largest absolute Gasteiger partial charge is 0.496 e. The molecule has 0 unspecified atom stereocenters. The van der Waals surface area contributed by atoms with Gasteiger partial charge in [0.25, 0.3) is 0 Å². The Labute approximate surface area is 133 Å². The van der Waals surface area contributed by atoms with E-state index in [1.807, 2.05) is 12.1 Å². The lowest BCUT2D eigenvalue weighted by Crippen LogP contribution is -2.50. The second kappa shape index (κ2) is 5.22. The van der Waals surface area contributed by atoms with E-state index in [2.05, 4.69) is 26.8 Å². The van der Waals surface area contributed by atoms with E-state index in [1.165, 1.54) is 12.0 Å². The maximum atomic E-state index is 5.66. The Morgan fingerprint density at radius 3 is 2.00 bits per heavy atom. The van der Waals surface area contributed by atoms with Crippen molar-refractivity contribution >= 4 is 0 Å². The number of ether oxygens (including phenoxy) is 3. The Bertz CT molecular complexity index is 590. The van der Waals surface area contributed by atoms with Crippen LogP contribution in [0.15, 0.2) is 23.8 Å². The summed E-state index contributed by atoms with van der Waals surface area (Å²) in [6.07, 6.45) is 3.68. The minimum Gasteiger partial charge on any atom is -0.496 e. The predicted molar refractivity (Wildman–Crippen MR) is 88.0 cm³/mol. The highest BCUT2D eigenvalue weighted by Crippen LogP contribution is 2.65. The van der Waals surface area contributed by atoms with Gasteiger partial charge in [0, 0.05) is 23.6 Å². The molecule has 1 fully saturated rings. The molecular formula is C19H26O3. The Morgan fingerprint density at radius 2 is 1.59 bits per heavy atom. The van der Waals surface area contributed by atoms with Gasteiger partial charge < -0.3 is 14.2 Å². The Hall–Kier alpha value is -1.64. The van der Waals surface area contributed by atoms with E-state index in [4.69, 9.17) is 14.2 Å². The van der Waals surface area contributed by atoms with E-state index >= 15 is 0 Å². The van der Waals surface area contributed by atoms with Crippen molar-refractivity contribution in [2.75, 3.05) is 21.3 Å². The van der Waals surface area contributed by atoms with Gasteiger partial charge in [0.1, 0.15) is 17.2 Å². The molecule has 0 aromatic heterocycles. The van der Waals surface area contributed by atoms with Crippen LogP contribution in [0, 0.1) is 17.3 Å². The molecule has 3 aliphatic carbocycles. The van der Waals surface area contributed by atoms with Gasteiger partial charge in [0.2, 0.25) is 0 Å². The van der Waals surface area contributed by atoms with E-state index in [-0.39, 0.29) is 0 Å². The Morgan fingerprint density at radius 1 is 1.00 bits per heavy atom. The summed E-state index contributed by atoms with van der Waals surface area (Å²) in [5, 5.41) is 0. The van der Waals surface area contributed by atoms with Crippen LogP contribution >= 0.6 is 0 Å². The van der Waals surface area contributed by atoms with Gasteiger partial charge in [-0.25, -0.2) is 0 Å². The number of allylic oxidation sites excluding steroid dienone is 2. The Kier molecular flexibility index (Phi) is 3.62. The highest BCUT2D eigenvalue weighted by atomic mass is 16.5. The molecule has 3 atom stereocenters. The third kappa shape index (κ3) is 2.02. The molecule has 0 saturated heterocycles. The number of hydrogen-bond acceptors (Lipinski definition) is 3. The smallest absolute Gasteiger partial charge is 0.130 e. The molecule has 4 rings (SSSR count). The molecule has 3 heteroatoms. The van der Waals surface area contributed by atoms with Crippen LogP contribution in [0.25, 0.3) is 0 Å². The highest BCUT2D eigenvalue weighted by Gasteiger charge is 2.55. The molecule has 120 valence electrons. The first kappa shape index (κ1) is 15.3. The first-order chi connectivity index (χ1) is 10.4. The zero-order valence-corrected chi connectivity index (χ0v) is 14.4. The molecule has 22 heavy (non-hydrogen) atoms. The number of benzene rings is 1. The van der Waals surface area contributed by atoms with Crippen LogP contribution in [0.1, 0.15) is 38.7 Å². The molecule has 0 N–H and O–H groups in total. The molecule has 3 aliphatic rings. The van der Waals surface area contributed by atoms with Gasteiger partial charge in [0.05, 0.1) is 21.3 Å². The first-order valence-electron chi connectivity index (χ1n) is 7.92. The summed E-state index contributed by atoms with van der Waals surface area (Å²) in [6, 6.07) is 3.91.